The van der Waals surface area contributed by atoms with Crippen molar-refractivity contribution >= 4 is 34.4 Å². The quantitative estimate of drug-likeness (QED) is 0.103. The number of aromatic nitrogens is 2. The fraction of sp³-hybridized carbons (Fsp3) is 0.0845. The second-order valence-corrected chi connectivity index (χ2v) is 40.5. The van der Waals surface area contributed by atoms with Crippen LogP contribution in [-0.2, 0) is 36.5 Å². The van der Waals surface area contributed by atoms with Crippen LogP contribution in [0.1, 0.15) is 126 Å². The monoisotopic (exact) mass is 1830 g/mol. The van der Waals surface area contributed by atoms with Gasteiger partial charge in [0.25, 0.3) is 0 Å². The summed E-state index contributed by atoms with van der Waals surface area (Å²) in [5.74, 6) is 0. The van der Waals surface area contributed by atoms with Gasteiger partial charge in [-0.05, 0) is 346 Å². The molecular weight excluding hydrogens is 1730 g/mol. The highest BCUT2D eigenvalue weighted by Gasteiger charge is 2.58. The Morgan fingerprint density at radius 1 is 0.181 bits per heavy atom. The van der Waals surface area contributed by atoms with E-state index in [-0.39, 0.29) is 0 Å². The van der Waals surface area contributed by atoms with E-state index < -0.39 is 10.8 Å². The molecule has 8 aliphatic carbocycles. The summed E-state index contributed by atoms with van der Waals surface area (Å²) in [7, 11) is 0. The van der Waals surface area contributed by atoms with Gasteiger partial charge in [0.2, 0.25) is 0 Å². The van der Waals surface area contributed by atoms with Crippen molar-refractivity contribution in [3.05, 3.63) is 562 Å². The van der Waals surface area contributed by atoms with Gasteiger partial charge in [-0.2, -0.15) is 0 Å². The number of aryl methyl sites for hydroxylation is 2. The lowest BCUT2D eigenvalue weighted by molar-refractivity contribution is 0.818. The molecule has 2 heterocycles. The van der Waals surface area contributed by atoms with Crippen molar-refractivity contribution in [3.63, 3.8) is 0 Å². The molecule has 2 heteroatoms. The van der Waals surface area contributed by atoms with E-state index >= 15 is 0 Å². The maximum absolute atomic E-state index is 2.71. The second kappa shape index (κ2) is 33.2. The van der Waals surface area contributed by atoms with Crippen molar-refractivity contribution in [2.45, 2.75) is 76.0 Å². The van der Waals surface area contributed by atoms with E-state index in [1.807, 2.05) is 0 Å². The molecule has 678 valence electrons. The zero-order valence-corrected chi connectivity index (χ0v) is 80.6. The lowest BCUT2D eigenvalue weighted by atomic mass is 9.67. The third-order valence-corrected chi connectivity index (χ3v) is 33.2. The SMILES string of the molecule is Cc1ccc(-c2c(-c3ccc(-c4c(-c5ccccc5)c(-c5ccccc5)c(-c5ccccc5)c(-c5ccc(-n6c7c(c8c6C6=C(CC8)c8ccccc8C68c6ccccc6-c6ccccc68)CCC=C7)cc5)c4-c4ccc(C)cc4)cc3)c(-c3ccccc3)c(-c3ccccc3)c(-c3ccccc3)c2-c2ccc(-n3c4c(c5c3C3=C(CC5)c5ccccc5C35c3ccccc3-c3ccccc35)CCC=C4)cc2)cc1. The van der Waals surface area contributed by atoms with Gasteiger partial charge in [-0.15, -0.1) is 0 Å². The minimum atomic E-state index is -0.519. The van der Waals surface area contributed by atoms with Crippen LogP contribution in [0.2, 0.25) is 0 Å². The molecule has 8 aliphatic rings. The van der Waals surface area contributed by atoms with Gasteiger partial charge in [0, 0.05) is 22.8 Å². The van der Waals surface area contributed by atoms with E-state index in [0.29, 0.717) is 0 Å². The van der Waals surface area contributed by atoms with Gasteiger partial charge < -0.3 is 9.13 Å². The maximum Gasteiger partial charge on any atom is 0.0742 e. The number of allylic oxidation sites excluding steroid dienone is 6. The molecule has 0 unspecified atom stereocenters. The van der Waals surface area contributed by atoms with Crippen molar-refractivity contribution in [2.24, 2.45) is 0 Å². The Morgan fingerprint density at radius 3 is 0.632 bits per heavy atom. The average Bonchev–Trinajstić information content (AvgIpc) is 1.49. The third-order valence-electron chi connectivity index (χ3n) is 33.2. The predicted octanol–water partition coefficient (Wildman–Crippen LogP) is 36.2. The lowest BCUT2D eigenvalue weighted by Gasteiger charge is -2.35. The molecule has 2 nitrogen and oxygen atoms in total. The van der Waals surface area contributed by atoms with Gasteiger partial charge in [-0.1, -0.05) is 448 Å². The van der Waals surface area contributed by atoms with Gasteiger partial charge in [0.1, 0.15) is 0 Å². The van der Waals surface area contributed by atoms with E-state index in [2.05, 4.69) is 496 Å². The fourth-order valence-electron chi connectivity index (χ4n) is 27.5. The smallest absolute Gasteiger partial charge is 0.0742 e. The molecule has 19 aromatic carbocycles. The third kappa shape index (κ3) is 12.2. The molecule has 0 radical (unpaired) electrons. The van der Waals surface area contributed by atoms with E-state index in [1.165, 1.54) is 179 Å². The molecule has 0 saturated heterocycles. The number of benzene rings is 19. The molecule has 0 bridgehead atoms. The molecule has 0 fully saturated rings. The standard InChI is InChI=1S/C142H100N2/c1-89-65-69-97(70-66-89)131-133(127(93-41-13-5-14-42-93)125(91-37-9-3-10-38-91)129(95-45-17-7-18-46-95)135(131)101-77-81-103(82-78-101)143-123-63-35-27-55-111(123)115-87-85-113-109-53-25-33-61-121(109)141(137(113)139(115)143)117-57-29-21-49-105(117)106-50-22-30-58-118(106)141)99-73-75-100(76-74-99)134-128(94-43-15-6-16-44-94)126(92-39-11-4-12-40-92)130(96-47-19-8-20-48-96)136(132(134)98-71-67-90(2)68-72-98)102-79-83-104(84-80-102)144-124-64-36-28-56-112(124)116-88-86-114-110-54-26-34-62-122(110)142(138(114)140(116)144)119-59-31-23-51-107(119)108-52-24-32-60-120(108)142/h3-26,29-54,57-84H,27-28,55-56,85-88H2,1-2H3. The predicted molar refractivity (Wildman–Crippen MR) is 601 cm³/mol. The summed E-state index contributed by atoms with van der Waals surface area (Å²) < 4.78 is 5.42. The van der Waals surface area contributed by atoms with Gasteiger partial charge >= 0.3 is 0 Å². The summed E-state index contributed by atoms with van der Waals surface area (Å²) in [5.41, 5.74) is 64.7. The lowest BCUT2D eigenvalue weighted by Crippen LogP contribution is -2.28. The Kier molecular flexibility index (Phi) is 19.3. The second-order valence-electron chi connectivity index (χ2n) is 40.5. The molecule has 0 aliphatic heterocycles. The van der Waals surface area contributed by atoms with Crippen LogP contribution in [0.4, 0.5) is 0 Å². The van der Waals surface area contributed by atoms with E-state index in [9.17, 15) is 0 Å². The molecule has 2 spiro atoms. The summed E-state index contributed by atoms with van der Waals surface area (Å²) in [5, 5.41) is 0. The first-order chi connectivity index (χ1) is 71.4. The topological polar surface area (TPSA) is 9.86 Å². The van der Waals surface area contributed by atoms with E-state index in [1.54, 1.807) is 0 Å². The summed E-state index contributed by atoms with van der Waals surface area (Å²) in [4.78, 5) is 0. The van der Waals surface area contributed by atoms with Crippen LogP contribution < -0.4 is 0 Å². The Labute approximate surface area is 842 Å². The number of rotatable bonds is 14. The Balaban J connectivity index is 0.679. The van der Waals surface area contributed by atoms with Crippen LogP contribution in [0.25, 0.3) is 202 Å². The van der Waals surface area contributed by atoms with E-state index in [0.717, 1.165) is 163 Å². The van der Waals surface area contributed by atoms with Gasteiger partial charge in [0.15, 0.2) is 0 Å². The molecule has 29 rings (SSSR count). The van der Waals surface area contributed by atoms with Crippen LogP contribution in [-0.4, -0.2) is 9.13 Å². The number of nitrogens with zero attached hydrogens (tertiary/aromatic N) is 2. The first kappa shape index (κ1) is 83.7. The van der Waals surface area contributed by atoms with E-state index in [4.69, 9.17) is 0 Å². The van der Waals surface area contributed by atoms with Gasteiger partial charge in [-0.25, -0.2) is 0 Å². The fourth-order valence-corrected chi connectivity index (χ4v) is 27.5. The number of hydrogen-bond acceptors (Lipinski definition) is 0. The van der Waals surface area contributed by atoms with Crippen LogP contribution in [0.5, 0.6) is 0 Å². The minimum absolute atomic E-state index is 0.519. The summed E-state index contributed by atoms with van der Waals surface area (Å²) in [6.45, 7) is 4.45. The average molecular weight is 1830 g/mol. The molecule has 144 heavy (non-hydrogen) atoms. The first-order valence-electron chi connectivity index (χ1n) is 51.6. The normalized spacial score (nSPS) is 14.5. The molecule has 2 aromatic heterocycles. The molecule has 0 saturated carbocycles. The molecule has 0 amide bonds. The largest absolute Gasteiger partial charge is 0.310 e. The Hall–Kier alpha value is -17.3. The van der Waals surface area contributed by atoms with Crippen LogP contribution >= 0.6 is 0 Å². The van der Waals surface area contributed by atoms with Crippen molar-refractivity contribution in [3.8, 4) is 167 Å². The summed E-state index contributed by atoms with van der Waals surface area (Å²) in [6.07, 6.45) is 17.7. The molecule has 0 N–H and O–H groups in total. The van der Waals surface area contributed by atoms with Gasteiger partial charge in [-0.3, -0.25) is 0 Å². The van der Waals surface area contributed by atoms with Crippen molar-refractivity contribution in [1.82, 2.24) is 9.13 Å². The van der Waals surface area contributed by atoms with Crippen molar-refractivity contribution in [1.29, 1.82) is 0 Å². The summed E-state index contributed by atoms with van der Waals surface area (Å²) in [6, 6.07) is 173. The summed E-state index contributed by atoms with van der Waals surface area (Å²) >= 11 is 0. The molecule has 21 aromatic rings. The molecular formula is C142H100N2. The molecule has 0 atom stereocenters. The first-order valence-corrected chi connectivity index (χ1v) is 51.6. The van der Waals surface area contributed by atoms with Crippen LogP contribution in [0.15, 0.2) is 461 Å². The highest BCUT2D eigenvalue weighted by molar-refractivity contribution is 6.20. The van der Waals surface area contributed by atoms with Gasteiger partial charge in [0.05, 0.1) is 22.2 Å². The zero-order chi connectivity index (χ0) is 95.0. The van der Waals surface area contributed by atoms with Crippen LogP contribution in [0.3, 0.4) is 0 Å². The number of hydrogen-bond donors (Lipinski definition) is 0. The zero-order valence-electron chi connectivity index (χ0n) is 80.6. The van der Waals surface area contributed by atoms with Crippen LogP contribution in [0, 0.1) is 13.8 Å². The minimum Gasteiger partial charge on any atom is -0.310 e. The highest BCUT2D eigenvalue weighted by Crippen LogP contribution is 2.71. The number of fused-ring (bicyclic) bond motifs is 26. The Morgan fingerprint density at radius 2 is 0.382 bits per heavy atom. The maximum atomic E-state index is 2.71. The van der Waals surface area contributed by atoms with Crippen molar-refractivity contribution in [2.75, 3.05) is 0 Å². The highest BCUT2D eigenvalue weighted by atomic mass is 15.0. The van der Waals surface area contributed by atoms with Crippen molar-refractivity contribution < 1.29 is 0 Å². The Bertz CT molecular complexity index is 8390.